The van der Waals surface area contributed by atoms with Crippen molar-refractivity contribution >= 4 is 33.9 Å². The van der Waals surface area contributed by atoms with E-state index in [-0.39, 0.29) is 11.9 Å². The summed E-state index contributed by atoms with van der Waals surface area (Å²) in [6.45, 7) is 0.502. The van der Waals surface area contributed by atoms with Crippen LogP contribution in [0, 0.1) is 0 Å². The maximum atomic E-state index is 13.3. The number of methoxy groups -OCH3 is 1. The summed E-state index contributed by atoms with van der Waals surface area (Å²) in [4.78, 5) is 23.0. The minimum absolute atomic E-state index is 0.204. The summed E-state index contributed by atoms with van der Waals surface area (Å²) in [7, 11) is 1.65. The maximum absolute atomic E-state index is 13.3. The largest absolute Gasteiger partial charge is 0.497 e. The summed E-state index contributed by atoms with van der Waals surface area (Å²) in [5, 5.41) is 3.04. The summed E-state index contributed by atoms with van der Waals surface area (Å²) >= 11 is 0. The third-order valence-corrected chi connectivity index (χ3v) is 6.56. The van der Waals surface area contributed by atoms with Crippen molar-refractivity contribution in [3.8, 4) is 5.75 Å². The Bertz CT molecular complexity index is 1290. The quantitative estimate of drug-likeness (QED) is 0.452. The summed E-state index contributed by atoms with van der Waals surface area (Å²) < 4.78 is 7.27. The Kier molecular flexibility index (Phi) is 5.86. The molecule has 7 nitrogen and oxygen atoms in total. The number of nitrogens with zero attached hydrogens (tertiary/aromatic N) is 3. The van der Waals surface area contributed by atoms with Gasteiger partial charge in [0.15, 0.2) is 5.65 Å². The van der Waals surface area contributed by atoms with E-state index in [1.807, 2.05) is 48.5 Å². The number of hydrogen-bond acceptors (Lipinski definition) is 5. The number of rotatable bonds is 6. The fraction of sp³-hybridized carbons (Fsp3) is 0.346. The van der Waals surface area contributed by atoms with Gasteiger partial charge in [0.2, 0.25) is 0 Å². The van der Waals surface area contributed by atoms with E-state index in [9.17, 15) is 4.79 Å². The van der Waals surface area contributed by atoms with Crippen molar-refractivity contribution in [1.29, 1.82) is 0 Å². The Morgan fingerprint density at radius 1 is 1.06 bits per heavy atom. The molecule has 4 aromatic rings. The lowest BCUT2D eigenvalue weighted by molar-refractivity contribution is 0.0956. The Morgan fingerprint density at radius 2 is 1.76 bits per heavy atom. The topological polar surface area (TPSA) is 95.1 Å². The second-order valence-corrected chi connectivity index (χ2v) is 8.66. The number of anilines is 1. The number of carbonyl (C=O) groups excluding carboxylic acids is 1. The second-order valence-electron chi connectivity index (χ2n) is 8.66. The molecule has 1 saturated carbocycles. The Labute approximate surface area is 193 Å². The van der Waals surface area contributed by atoms with E-state index in [2.05, 4.69) is 9.88 Å². The smallest absolute Gasteiger partial charge is 0.257 e. The fourth-order valence-corrected chi connectivity index (χ4v) is 4.82. The van der Waals surface area contributed by atoms with Gasteiger partial charge >= 0.3 is 0 Å². The number of nitrogens with one attached hydrogen (secondary N) is 1. The summed E-state index contributed by atoms with van der Waals surface area (Å²) in [6, 6.07) is 15.9. The normalized spacial score (nSPS) is 14.6. The number of benzene rings is 2. The number of aromatic nitrogens is 3. The Hall–Kier alpha value is -3.61. The molecule has 0 bridgehead atoms. The van der Waals surface area contributed by atoms with Gasteiger partial charge in [-0.25, -0.2) is 9.97 Å². The van der Waals surface area contributed by atoms with E-state index in [4.69, 9.17) is 20.4 Å². The summed E-state index contributed by atoms with van der Waals surface area (Å²) in [5.41, 5.74) is 11.1. The van der Waals surface area contributed by atoms with Gasteiger partial charge in [0.1, 0.15) is 22.6 Å². The molecule has 2 heterocycles. The van der Waals surface area contributed by atoms with Crippen LogP contribution in [0.5, 0.6) is 5.75 Å². The molecule has 2 aromatic heterocycles. The van der Waals surface area contributed by atoms with Crippen LogP contribution in [-0.4, -0.2) is 34.1 Å². The monoisotopic (exact) mass is 443 g/mol. The average molecular weight is 444 g/mol. The van der Waals surface area contributed by atoms with E-state index in [1.165, 1.54) is 6.42 Å². The molecule has 7 heteroatoms. The molecule has 0 spiro atoms. The van der Waals surface area contributed by atoms with E-state index in [1.54, 1.807) is 7.11 Å². The first-order chi connectivity index (χ1) is 16.2. The third kappa shape index (κ3) is 4.11. The molecule has 170 valence electrons. The first kappa shape index (κ1) is 21.2. The number of amides is 1. The van der Waals surface area contributed by atoms with E-state index in [0.717, 1.165) is 48.0 Å². The van der Waals surface area contributed by atoms with Crippen LogP contribution >= 0.6 is 0 Å². The zero-order valence-electron chi connectivity index (χ0n) is 18.9. The molecule has 0 saturated heterocycles. The molecule has 33 heavy (non-hydrogen) atoms. The van der Waals surface area contributed by atoms with Crippen LogP contribution in [0.15, 0.2) is 48.5 Å². The van der Waals surface area contributed by atoms with Crippen molar-refractivity contribution in [3.05, 3.63) is 59.7 Å². The highest BCUT2D eigenvalue weighted by atomic mass is 16.5. The van der Waals surface area contributed by atoms with Gasteiger partial charge < -0.3 is 20.4 Å². The van der Waals surface area contributed by atoms with Crippen LogP contribution in [0.3, 0.4) is 0 Å². The lowest BCUT2D eigenvalue weighted by Gasteiger charge is -2.25. The number of hydrogen-bond donors (Lipinski definition) is 2. The molecule has 3 N–H and O–H groups in total. The summed E-state index contributed by atoms with van der Waals surface area (Å²) in [5.74, 6) is 1.08. The summed E-state index contributed by atoms with van der Waals surface area (Å²) in [6.07, 6.45) is 6.36. The first-order valence-corrected chi connectivity index (χ1v) is 11.6. The number of fused-ring (bicyclic) bond motifs is 2. The zero-order valence-corrected chi connectivity index (χ0v) is 18.9. The van der Waals surface area contributed by atoms with Crippen molar-refractivity contribution in [3.63, 3.8) is 0 Å². The molecule has 2 aromatic carbocycles. The van der Waals surface area contributed by atoms with Gasteiger partial charge in [0.25, 0.3) is 5.91 Å². The van der Waals surface area contributed by atoms with Crippen molar-refractivity contribution in [1.82, 2.24) is 19.9 Å². The number of carbonyl (C=O) groups is 1. The average Bonchev–Trinajstić information content (AvgIpc) is 3.14. The van der Waals surface area contributed by atoms with Crippen LogP contribution < -0.4 is 15.8 Å². The first-order valence-electron chi connectivity index (χ1n) is 11.6. The van der Waals surface area contributed by atoms with Crippen molar-refractivity contribution < 1.29 is 9.53 Å². The number of para-hydroxylation sites is 2. The predicted molar refractivity (Wildman–Crippen MR) is 131 cm³/mol. The third-order valence-electron chi connectivity index (χ3n) is 6.56. The van der Waals surface area contributed by atoms with Gasteiger partial charge in [-0.05, 0) is 49.1 Å². The number of nitrogen functional groups attached to an aromatic ring is 1. The van der Waals surface area contributed by atoms with Crippen LogP contribution in [0.2, 0.25) is 0 Å². The van der Waals surface area contributed by atoms with Gasteiger partial charge in [-0.2, -0.15) is 0 Å². The van der Waals surface area contributed by atoms with E-state index < -0.39 is 0 Å². The molecule has 0 radical (unpaired) electrons. The van der Waals surface area contributed by atoms with Crippen molar-refractivity contribution in [2.24, 2.45) is 0 Å². The zero-order chi connectivity index (χ0) is 22.8. The molecule has 0 atom stereocenters. The molecule has 1 aliphatic carbocycles. The molecule has 0 aliphatic heterocycles. The standard InChI is InChI=1S/C26H29N5O2/c1-33-19-13-11-17(12-14-19)15-16-28-26(32)22-23-25(30-21-10-6-5-9-20(21)29-23)31(24(22)27)18-7-3-2-4-8-18/h5-6,9-14,18H,2-4,7-8,15-16,27H2,1H3,(H,28,32). The van der Waals surface area contributed by atoms with Gasteiger partial charge in [0.05, 0.1) is 18.1 Å². The van der Waals surface area contributed by atoms with Gasteiger partial charge in [-0.1, -0.05) is 43.5 Å². The fourth-order valence-electron chi connectivity index (χ4n) is 4.82. The Balaban J connectivity index is 1.47. The Morgan fingerprint density at radius 3 is 2.45 bits per heavy atom. The minimum atomic E-state index is -0.204. The second kappa shape index (κ2) is 9.10. The number of nitrogens with two attached hydrogens (primary N) is 1. The van der Waals surface area contributed by atoms with Crippen molar-refractivity contribution in [2.45, 2.75) is 44.6 Å². The van der Waals surface area contributed by atoms with Crippen LogP contribution in [0.4, 0.5) is 5.82 Å². The SMILES string of the molecule is COc1ccc(CCNC(=O)c2c(N)n(C3CCCCC3)c3nc4ccccc4nc23)cc1. The highest BCUT2D eigenvalue weighted by molar-refractivity contribution is 6.10. The predicted octanol–water partition coefficient (Wildman–Crippen LogP) is 4.65. The molecular weight excluding hydrogens is 414 g/mol. The van der Waals surface area contributed by atoms with Gasteiger partial charge in [0, 0.05) is 12.6 Å². The van der Waals surface area contributed by atoms with Gasteiger partial charge in [-0.3, -0.25) is 4.79 Å². The van der Waals surface area contributed by atoms with Crippen LogP contribution in [0.1, 0.15) is 54.1 Å². The van der Waals surface area contributed by atoms with Crippen LogP contribution in [-0.2, 0) is 6.42 Å². The number of ether oxygens (including phenoxy) is 1. The van der Waals surface area contributed by atoms with E-state index in [0.29, 0.717) is 35.5 Å². The lowest BCUT2D eigenvalue weighted by Crippen LogP contribution is -2.27. The highest BCUT2D eigenvalue weighted by Crippen LogP contribution is 2.37. The molecule has 0 unspecified atom stereocenters. The molecule has 1 aliphatic rings. The van der Waals surface area contributed by atoms with Crippen molar-refractivity contribution in [2.75, 3.05) is 19.4 Å². The minimum Gasteiger partial charge on any atom is -0.497 e. The van der Waals surface area contributed by atoms with Crippen LogP contribution in [0.25, 0.3) is 22.2 Å². The lowest BCUT2D eigenvalue weighted by atomic mass is 9.95. The highest BCUT2D eigenvalue weighted by Gasteiger charge is 2.28. The molecular formula is C26H29N5O2. The molecule has 1 fully saturated rings. The molecule has 5 rings (SSSR count). The molecule has 1 amide bonds. The maximum Gasteiger partial charge on any atom is 0.257 e. The van der Waals surface area contributed by atoms with E-state index >= 15 is 0 Å². The van der Waals surface area contributed by atoms with Gasteiger partial charge in [-0.15, -0.1) is 0 Å².